The Kier molecular flexibility index (Phi) is 5.12. The lowest BCUT2D eigenvalue weighted by Gasteiger charge is -2.32. The van der Waals surface area contributed by atoms with Crippen molar-refractivity contribution in [2.24, 2.45) is 5.41 Å². The number of benzene rings is 2. The van der Waals surface area contributed by atoms with E-state index in [1.165, 1.54) is 0 Å². The quantitative estimate of drug-likeness (QED) is 0.627. The Morgan fingerprint density at radius 3 is 2.14 bits per heavy atom. The van der Waals surface area contributed by atoms with Crippen molar-refractivity contribution in [2.45, 2.75) is 19.9 Å². The molecule has 0 spiro atoms. The van der Waals surface area contributed by atoms with Gasteiger partial charge in [-0.05, 0) is 17.7 Å². The summed E-state index contributed by atoms with van der Waals surface area (Å²) in [6.07, 6.45) is 1.90. The van der Waals surface area contributed by atoms with Crippen molar-refractivity contribution < 1.29 is 4.79 Å². The number of hydrazine groups is 1. The molecular weight excluding hydrogens is 272 g/mol. The van der Waals surface area contributed by atoms with Gasteiger partial charge in [-0.1, -0.05) is 68.5 Å². The van der Waals surface area contributed by atoms with E-state index < -0.39 is 0 Å². The molecule has 0 aliphatic heterocycles. The summed E-state index contributed by atoms with van der Waals surface area (Å²) in [5.41, 5.74) is 7.46. The van der Waals surface area contributed by atoms with Gasteiger partial charge < -0.3 is 0 Å². The number of nitrogens with one attached hydrogen (secondary N) is 2. The average molecular weight is 294 g/mol. The van der Waals surface area contributed by atoms with Gasteiger partial charge >= 0.3 is 0 Å². The highest BCUT2D eigenvalue weighted by Crippen LogP contribution is 2.33. The van der Waals surface area contributed by atoms with E-state index in [1.807, 2.05) is 54.6 Å². The number of amides is 1. The van der Waals surface area contributed by atoms with Gasteiger partial charge in [0.25, 0.3) is 5.91 Å². The largest absolute Gasteiger partial charge is 0.287 e. The second kappa shape index (κ2) is 7.05. The predicted molar refractivity (Wildman–Crippen MR) is 90.2 cm³/mol. The van der Waals surface area contributed by atoms with Crippen LogP contribution in [0.2, 0.25) is 0 Å². The lowest BCUT2D eigenvalue weighted by Crippen LogP contribution is -2.44. The molecule has 114 valence electrons. The van der Waals surface area contributed by atoms with Gasteiger partial charge in [-0.25, -0.2) is 5.43 Å². The molecule has 2 rings (SSSR count). The van der Waals surface area contributed by atoms with Crippen LogP contribution in [0.3, 0.4) is 0 Å². The Morgan fingerprint density at radius 1 is 1.05 bits per heavy atom. The molecular formula is C19H22N2O. The molecule has 0 aliphatic carbocycles. The molecule has 0 saturated carbocycles. The van der Waals surface area contributed by atoms with E-state index in [9.17, 15) is 4.79 Å². The number of carbonyl (C=O) groups is 1. The number of hydrogen-bond donors (Lipinski definition) is 2. The van der Waals surface area contributed by atoms with Crippen LogP contribution < -0.4 is 10.9 Å². The van der Waals surface area contributed by atoms with Gasteiger partial charge in [-0.15, -0.1) is 6.58 Å². The molecule has 1 amide bonds. The van der Waals surface area contributed by atoms with Crippen molar-refractivity contribution in [3.63, 3.8) is 0 Å². The van der Waals surface area contributed by atoms with Gasteiger partial charge in [0, 0.05) is 11.0 Å². The monoisotopic (exact) mass is 294 g/mol. The fourth-order valence-electron chi connectivity index (χ4n) is 2.26. The Hall–Kier alpha value is -2.39. The molecule has 2 aromatic rings. The zero-order valence-corrected chi connectivity index (χ0v) is 13.0. The van der Waals surface area contributed by atoms with Gasteiger partial charge in [0.2, 0.25) is 0 Å². The minimum Gasteiger partial charge on any atom is -0.287 e. The summed E-state index contributed by atoms with van der Waals surface area (Å²) in [5.74, 6) is -0.151. The van der Waals surface area contributed by atoms with Crippen LogP contribution in [0.4, 0.5) is 0 Å². The maximum Gasteiger partial charge on any atom is 0.265 e. The van der Waals surface area contributed by atoms with Crippen LogP contribution in [0, 0.1) is 5.41 Å². The van der Waals surface area contributed by atoms with Crippen molar-refractivity contribution in [3.05, 3.63) is 84.4 Å². The molecule has 3 nitrogen and oxygen atoms in total. The second-order valence-electron chi connectivity index (χ2n) is 5.83. The van der Waals surface area contributed by atoms with Gasteiger partial charge in [-0.3, -0.25) is 10.2 Å². The number of carbonyl (C=O) groups excluding carboxylic acids is 1. The third kappa shape index (κ3) is 3.83. The topological polar surface area (TPSA) is 41.1 Å². The molecule has 22 heavy (non-hydrogen) atoms. The Labute approximate surface area is 132 Å². The lowest BCUT2D eigenvalue weighted by molar-refractivity contribution is 0.0912. The smallest absolute Gasteiger partial charge is 0.265 e. The third-order valence-electron chi connectivity index (χ3n) is 3.77. The Morgan fingerprint density at radius 2 is 1.59 bits per heavy atom. The van der Waals surface area contributed by atoms with E-state index >= 15 is 0 Å². The molecule has 0 bridgehead atoms. The molecule has 0 saturated heterocycles. The summed E-state index contributed by atoms with van der Waals surface area (Å²) >= 11 is 0. The van der Waals surface area contributed by atoms with E-state index in [-0.39, 0.29) is 17.4 Å². The SMILES string of the molecule is C=CC(C)(C)C(NNC(=O)c1ccccc1)c1ccccc1. The van der Waals surface area contributed by atoms with E-state index in [0.717, 1.165) is 5.56 Å². The molecule has 0 radical (unpaired) electrons. The molecule has 0 aliphatic rings. The van der Waals surface area contributed by atoms with Crippen molar-refractivity contribution in [1.29, 1.82) is 0 Å². The lowest BCUT2D eigenvalue weighted by atomic mass is 9.81. The molecule has 3 heteroatoms. The molecule has 1 atom stereocenters. The molecule has 0 aromatic heterocycles. The van der Waals surface area contributed by atoms with Gasteiger partial charge in [0.05, 0.1) is 6.04 Å². The minimum atomic E-state index is -0.217. The third-order valence-corrected chi connectivity index (χ3v) is 3.77. The van der Waals surface area contributed by atoms with Crippen LogP contribution in [-0.2, 0) is 0 Å². The van der Waals surface area contributed by atoms with Gasteiger partial charge in [0.15, 0.2) is 0 Å². The van der Waals surface area contributed by atoms with Gasteiger partial charge in [-0.2, -0.15) is 0 Å². The summed E-state index contributed by atoms with van der Waals surface area (Å²) in [5, 5.41) is 0. The Balaban J connectivity index is 2.14. The standard InChI is InChI=1S/C19H22N2O/c1-4-19(2,3)17(15-11-7-5-8-12-15)20-21-18(22)16-13-9-6-10-14-16/h4-14,17,20H,1H2,2-3H3,(H,21,22). The van der Waals surface area contributed by atoms with E-state index in [4.69, 9.17) is 0 Å². The maximum atomic E-state index is 12.2. The summed E-state index contributed by atoms with van der Waals surface area (Å²) in [4.78, 5) is 12.2. The van der Waals surface area contributed by atoms with Crippen LogP contribution in [0.25, 0.3) is 0 Å². The summed E-state index contributed by atoms with van der Waals surface area (Å²) in [7, 11) is 0. The highest BCUT2D eigenvalue weighted by Gasteiger charge is 2.28. The Bertz CT molecular complexity index is 620. The first-order valence-electron chi connectivity index (χ1n) is 7.34. The van der Waals surface area contributed by atoms with Crippen molar-refractivity contribution >= 4 is 5.91 Å². The normalized spacial score (nSPS) is 12.5. The van der Waals surface area contributed by atoms with Crippen molar-refractivity contribution in [1.82, 2.24) is 10.9 Å². The predicted octanol–water partition coefficient (Wildman–Crippen LogP) is 3.87. The first-order chi connectivity index (χ1) is 10.5. The summed E-state index contributed by atoms with van der Waals surface area (Å²) in [6.45, 7) is 8.08. The first kappa shape index (κ1) is 16.0. The van der Waals surface area contributed by atoms with Crippen LogP contribution >= 0.6 is 0 Å². The molecule has 2 aromatic carbocycles. The average Bonchev–Trinajstić information content (AvgIpc) is 2.56. The van der Waals surface area contributed by atoms with E-state index in [2.05, 4.69) is 31.3 Å². The molecule has 2 N–H and O–H groups in total. The molecule has 0 heterocycles. The highest BCUT2D eigenvalue weighted by atomic mass is 16.2. The summed E-state index contributed by atoms with van der Waals surface area (Å²) in [6, 6.07) is 19.1. The first-order valence-corrected chi connectivity index (χ1v) is 7.34. The van der Waals surface area contributed by atoms with Crippen LogP contribution in [0.5, 0.6) is 0 Å². The van der Waals surface area contributed by atoms with Crippen LogP contribution in [0.1, 0.15) is 35.8 Å². The fraction of sp³-hybridized carbons (Fsp3) is 0.211. The van der Waals surface area contributed by atoms with Crippen LogP contribution in [0.15, 0.2) is 73.3 Å². The van der Waals surface area contributed by atoms with E-state index in [1.54, 1.807) is 12.1 Å². The fourth-order valence-corrected chi connectivity index (χ4v) is 2.26. The van der Waals surface area contributed by atoms with Crippen molar-refractivity contribution in [2.75, 3.05) is 0 Å². The van der Waals surface area contributed by atoms with Gasteiger partial charge in [0.1, 0.15) is 0 Å². The van der Waals surface area contributed by atoms with Crippen molar-refractivity contribution in [3.8, 4) is 0 Å². The maximum absolute atomic E-state index is 12.2. The minimum absolute atomic E-state index is 0.0705. The zero-order chi connectivity index (χ0) is 16.0. The summed E-state index contributed by atoms with van der Waals surface area (Å²) < 4.78 is 0. The highest BCUT2D eigenvalue weighted by molar-refractivity contribution is 5.93. The van der Waals surface area contributed by atoms with Crippen LogP contribution in [-0.4, -0.2) is 5.91 Å². The molecule has 0 fully saturated rings. The second-order valence-corrected chi connectivity index (χ2v) is 5.83. The number of rotatable bonds is 6. The van der Waals surface area contributed by atoms with E-state index in [0.29, 0.717) is 5.56 Å². The molecule has 1 unspecified atom stereocenters. The number of hydrogen-bond acceptors (Lipinski definition) is 2. The zero-order valence-electron chi connectivity index (χ0n) is 13.0.